The van der Waals surface area contributed by atoms with Crippen molar-refractivity contribution >= 4 is 12.1 Å². The number of carbonyl (C=O) groups is 2. The summed E-state index contributed by atoms with van der Waals surface area (Å²) in [4.78, 5) is 21.2. The Balaban J connectivity index is 2.94. The second-order valence-corrected chi connectivity index (χ2v) is 2.81. The van der Waals surface area contributed by atoms with Crippen LogP contribution >= 0.6 is 0 Å². The molecule has 0 unspecified atom stereocenters. The predicted octanol–water partition coefficient (Wildman–Crippen LogP) is 0.969. The standard InChI is InChI=1S/C9H11NO2/c1-7(12)5-8-3-4-9(6-11)10(8)2/h3-4,6H,5H2,1-2H3. The molecule has 0 amide bonds. The molecule has 12 heavy (non-hydrogen) atoms. The summed E-state index contributed by atoms with van der Waals surface area (Å²) >= 11 is 0. The molecule has 0 saturated carbocycles. The molecular formula is C9H11NO2. The first-order valence-electron chi connectivity index (χ1n) is 3.74. The predicted molar refractivity (Wildman–Crippen MR) is 45.2 cm³/mol. The van der Waals surface area contributed by atoms with Gasteiger partial charge < -0.3 is 4.57 Å². The van der Waals surface area contributed by atoms with E-state index in [1.54, 1.807) is 23.7 Å². The molecule has 0 spiro atoms. The van der Waals surface area contributed by atoms with E-state index in [4.69, 9.17) is 0 Å². The number of rotatable bonds is 3. The maximum atomic E-state index is 10.8. The zero-order valence-electron chi connectivity index (χ0n) is 7.20. The van der Waals surface area contributed by atoms with Crippen molar-refractivity contribution in [3.63, 3.8) is 0 Å². The van der Waals surface area contributed by atoms with Crippen LogP contribution in [0.4, 0.5) is 0 Å². The third-order valence-electron chi connectivity index (χ3n) is 1.82. The van der Waals surface area contributed by atoms with Crippen LogP contribution in [0.15, 0.2) is 12.1 Å². The van der Waals surface area contributed by atoms with Crippen molar-refractivity contribution in [2.45, 2.75) is 13.3 Å². The Hall–Kier alpha value is -1.38. The summed E-state index contributed by atoms with van der Waals surface area (Å²) in [5.74, 6) is 0.105. The monoisotopic (exact) mass is 165 g/mol. The van der Waals surface area contributed by atoms with Crippen LogP contribution in [0.25, 0.3) is 0 Å². The van der Waals surface area contributed by atoms with Crippen LogP contribution in [0.2, 0.25) is 0 Å². The summed E-state index contributed by atoms with van der Waals surface area (Å²) in [5.41, 5.74) is 1.48. The summed E-state index contributed by atoms with van der Waals surface area (Å²) < 4.78 is 1.73. The van der Waals surface area contributed by atoms with E-state index >= 15 is 0 Å². The third kappa shape index (κ3) is 1.61. The second kappa shape index (κ2) is 3.34. The molecule has 1 aromatic heterocycles. The molecule has 0 atom stereocenters. The number of hydrogen-bond donors (Lipinski definition) is 0. The average molecular weight is 165 g/mol. The number of Topliss-reactive ketones (excluding diaryl/α,β-unsaturated/α-hetero) is 1. The van der Waals surface area contributed by atoms with E-state index in [9.17, 15) is 9.59 Å². The highest BCUT2D eigenvalue weighted by Crippen LogP contribution is 2.05. The third-order valence-corrected chi connectivity index (χ3v) is 1.82. The number of carbonyl (C=O) groups excluding carboxylic acids is 2. The van der Waals surface area contributed by atoms with Gasteiger partial charge in [0.25, 0.3) is 0 Å². The van der Waals surface area contributed by atoms with Crippen molar-refractivity contribution in [2.75, 3.05) is 0 Å². The first-order chi connectivity index (χ1) is 5.65. The van der Waals surface area contributed by atoms with Crippen molar-refractivity contribution in [1.82, 2.24) is 4.57 Å². The van der Waals surface area contributed by atoms with Crippen LogP contribution in [-0.4, -0.2) is 16.6 Å². The van der Waals surface area contributed by atoms with Gasteiger partial charge in [0.05, 0.1) is 5.69 Å². The number of ketones is 1. The average Bonchev–Trinajstić information content (AvgIpc) is 2.32. The normalized spacial score (nSPS) is 9.83. The van der Waals surface area contributed by atoms with Crippen molar-refractivity contribution in [3.8, 4) is 0 Å². The molecule has 1 aromatic rings. The van der Waals surface area contributed by atoms with Crippen molar-refractivity contribution < 1.29 is 9.59 Å². The van der Waals surface area contributed by atoms with E-state index in [2.05, 4.69) is 0 Å². The van der Waals surface area contributed by atoms with Gasteiger partial charge in [-0.2, -0.15) is 0 Å². The van der Waals surface area contributed by atoms with Crippen LogP contribution in [0, 0.1) is 0 Å². The summed E-state index contributed by atoms with van der Waals surface area (Å²) in [6, 6.07) is 3.51. The highest BCUT2D eigenvalue weighted by Gasteiger charge is 2.04. The zero-order valence-corrected chi connectivity index (χ0v) is 7.20. The number of aldehydes is 1. The molecular weight excluding hydrogens is 154 g/mol. The smallest absolute Gasteiger partial charge is 0.166 e. The van der Waals surface area contributed by atoms with Gasteiger partial charge in [0.2, 0.25) is 0 Å². The van der Waals surface area contributed by atoms with Gasteiger partial charge in [0.1, 0.15) is 5.78 Å². The lowest BCUT2D eigenvalue weighted by molar-refractivity contribution is -0.116. The van der Waals surface area contributed by atoms with E-state index in [-0.39, 0.29) is 5.78 Å². The molecule has 0 saturated heterocycles. The Morgan fingerprint density at radius 3 is 2.67 bits per heavy atom. The summed E-state index contributed by atoms with van der Waals surface area (Å²) in [7, 11) is 1.78. The Morgan fingerprint density at radius 2 is 2.25 bits per heavy atom. The molecule has 0 aliphatic heterocycles. The first-order valence-corrected chi connectivity index (χ1v) is 3.74. The highest BCUT2D eigenvalue weighted by molar-refractivity contribution is 5.79. The van der Waals surface area contributed by atoms with Crippen molar-refractivity contribution in [1.29, 1.82) is 0 Å². The zero-order chi connectivity index (χ0) is 9.14. The molecule has 0 aromatic carbocycles. The van der Waals surface area contributed by atoms with Crippen LogP contribution in [0.1, 0.15) is 23.1 Å². The largest absolute Gasteiger partial charge is 0.345 e. The number of hydrogen-bond acceptors (Lipinski definition) is 2. The van der Waals surface area contributed by atoms with Gasteiger partial charge in [-0.15, -0.1) is 0 Å². The maximum Gasteiger partial charge on any atom is 0.166 e. The lowest BCUT2D eigenvalue weighted by Crippen LogP contribution is -2.04. The van der Waals surface area contributed by atoms with E-state index in [0.29, 0.717) is 12.1 Å². The van der Waals surface area contributed by atoms with Gasteiger partial charge >= 0.3 is 0 Å². The summed E-state index contributed by atoms with van der Waals surface area (Å²) in [5, 5.41) is 0. The topological polar surface area (TPSA) is 39.1 Å². The molecule has 0 aliphatic carbocycles. The van der Waals surface area contributed by atoms with Crippen LogP contribution in [0.3, 0.4) is 0 Å². The Morgan fingerprint density at radius 1 is 1.58 bits per heavy atom. The minimum atomic E-state index is 0.105. The minimum absolute atomic E-state index is 0.105. The van der Waals surface area contributed by atoms with Gasteiger partial charge in [-0.25, -0.2) is 0 Å². The Kier molecular flexibility index (Phi) is 2.43. The molecule has 64 valence electrons. The fourth-order valence-electron chi connectivity index (χ4n) is 1.12. The lowest BCUT2D eigenvalue weighted by Gasteiger charge is -2.00. The van der Waals surface area contributed by atoms with Crippen molar-refractivity contribution in [3.05, 3.63) is 23.5 Å². The fraction of sp³-hybridized carbons (Fsp3) is 0.333. The molecule has 0 fully saturated rings. The fourth-order valence-corrected chi connectivity index (χ4v) is 1.12. The molecule has 1 heterocycles. The molecule has 0 bridgehead atoms. The Bertz CT molecular complexity index is 312. The number of nitrogens with zero attached hydrogens (tertiary/aromatic N) is 1. The van der Waals surface area contributed by atoms with Gasteiger partial charge in [-0.05, 0) is 19.1 Å². The summed E-state index contributed by atoms with van der Waals surface area (Å²) in [6.45, 7) is 1.54. The van der Waals surface area contributed by atoms with Gasteiger partial charge in [0.15, 0.2) is 6.29 Å². The van der Waals surface area contributed by atoms with E-state index < -0.39 is 0 Å². The molecule has 3 heteroatoms. The second-order valence-electron chi connectivity index (χ2n) is 2.81. The quantitative estimate of drug-likeness (QED) is 0.626. The van der Waals surface area contributed by atoms with Gasteiger partial charge in [0, 0.05) is 19.2 Å². The first kappa shape index (κ1) is 8.71. The lowest BCUT2D eigenvalue weighted by atomic mass is 10.2. The molecule has 3 nitrogen and oxygen atoms in total. The van der Waals surface area contributed by atoms with Gasteiger partial charge in [-0.1, -0.05) is 0 Å². The molecule has 0 N–H and O–H groups in total. The molecule has 0 aliphatic rings. The molecule has 0 radical (unpaired) electrons. The summed E-state index contributed by atoms with van der Waals surface area (Å²) in [6.07, 6.45) is 1.17. The highest BCUT2D eigenvalue weighted by atomic mass is 16.1. The van der Waals surface area contributed by atoms with E-state index in [1.807, 2.05) is 0 Å². The van der Waals surface area contributed by atoms with E-state index in [0.717, 1.165) is 12.0 Å². The SMILES string of the molecule is CC(=O)Cc1ccc(C=O)n1C. The van der Waals surface area contributed by atoms with Crippen LogP contribution < -0.4 is 0 Å². The maximum absolute atomic E-state index is 10.8. The van der Waals surface area contributed by atoms with Gasteiger partial charge in [-0.3, -0.25) is 9.59 Å². The number of aromatic nitrogens is 1. The van der Waals surface area contributed by atoms with Crippen LogP contribution in [0.5, 0.6) is 0 Å². The molecule has 1 rings (SSSR count). The Labute approximate surface area is 71.0 Å². The van der Waals surface area contributed by atoms with Crippen molar-refractivity contribution in [2.24, 2.45) is 7.05 Å². The van der Waals surface area contributed by atoms with E-state index in [1.165, 1.54) is 6.92 Å². The minimum Gasteiger partial charge on any atom is -0.345 e. The van der Waals surface area contributed by atoms with Crippen LogP contribution in [-0.2, 0) is 18.3 Å².